The van der Waals surface area contributed by atoms with Crippen molar-refractivity contribution < 1.29 is 8.42 Å². The predicted octanol–water partition coefficient (Wildman–Crippen LogP) is 2.98. The maximum Gasteiger partial charge on any atom is 0.243 e. The van der Waals surface area contributed by atoms with Crippen LogP contribution in [0.3, 0.4) is 0 Å². The van der Waals surface area contributed by atoms with Crippen molar-refractivity contribution in [2.24, 2.45) is 0 Å². The molecule has 2 aliphatic rings. The van der Waals surface area contributed by atoms with Gasteiger partial charge in [-0.25, -0.2) is 8.42 Å². The fraction of sp³-hybridized carbons (Fsp3) is 0.619. The van der Waals surface area contributed by atoms with Crippen molar-refractivity contribution in [3.8, 4) is 0 Å². The topological polar surface area (TPSA) is 71.3 Å². The van der Waals surface area contributed by atoms with Crippen LogP contribution < -0.4 is 0 Å². The molecule has 0 spiro atoms. The molecule has 1 aromatic heterocycles. The van der Waals surface area contributed by atoms with Gasteiger partial charge in [0, 0.05) is 13.1 Å². The zero-order chi connectivity index (χ0) is 20.4. The van der Waals surface area contributed by atoms with Gasteiger partial charge in [0.2, 0.25) is 10.0 Å². The maximum atomic E-state index is 13.2. The molecule has 0 bridgehead atoms. The van der Waals surface area contributed by atoms with Gasteiger partial charge >= 0.3 is 0 Å². The summed E-state index contributed by atoms with van der Waals surface area (Å²) in [4.78, 5) is 2.78. The molecule has 0 saturated carbocycles. The van der Waals surface area contributed by atoms with Crippen molar-refractivity contribution in [3.63, 3.8) is 0 Å². The second-order valence-electron chi connectivity index (χ2n) is 8.44. The number of nitrogens with zero attached hydrogens (tertiary/aromatic N) is 5. The molecular formula is C21H31N5O2S. The average molecular weight is 418 g/mol. The van der Waals surface area contributed by atoms with Gasteiger partial charge in [-0.3, -0.25) is 4.90 Å². The van der Waals surface area contributed by atoms with Crippen LogP contribution in [0.4, 0.5) is 0 Å². The second kappa shape index (κ2) is 8.53. The lowest BCUT2D eigenvalue weighted by Crippen LogP contribution is -2.31. The molecule has 0 aliphatic carbocycles. The van der Waals surface area contributed by atoms with Crippen LogP contribution in [0.25, 0.3) is 0 Å². The van der Waals surface area contributed by atoms with Gasteiger partial charge in [0.25, 0.3) is 0 Å². The lowest BCUT2D eigenvalue weighted by molar-refractivity contribution is 0.213. The molecule has 0 unspecified atom stereocenters. The van der Waals surface area contributed by atoms with Crippen LogP contribution in [-0.4, -0.2) is 52.0 Å². The third kappa shape index (κ3) is 4.39. The van der Waals surface area contributed by atoms with Crippen molar-refractivity contribution in [3.05, 3.63) is 41.5 Å². The number of rotatable bonds is 5. The van der Waals surface area contributed by atoms with E-state index >= 15 is 0 Å². The molecular weight excluding hydrogens is 386 g/mol. The minimum absolute atomic E-state index is 0.279. The summed E-state index contributed by atoms with van der Waals surface area (Å²) in [6.45, 7) is 8.77. The monoisotopic (exact) mass is 417 g/mol. The number of hydrogen-bond donors (Lipinski definition) is 0. The number of sulfonamides is 1. The molecule has 1 fully saturated rings. The maximum absolute atomic E-state index is 13.2. The molecule has 158 valence electrons. The van der Waals surface area contributed by atoms with Crippen molar-refractivity contribution in [2.45, 2.75) is 70.0 Å². The summed E-state index contributed by atoms with van der Waals surface area (Å²) < 4.78 is 30.1. The molecule has 29 heavy (non-hydrogen) atoms. The van der Waals surface area contributed by atoms with E-state index in [1.54, 1.807) is 16.4 Å². The Labute approximate surface area is 173 Å². The van der Waals surface area contributed by atoms with E-state index < -0.39 is 10.0 Å². The highest BCUT2D eigenvalue weighted by atomic mass is 32.2. The Morgan fingerprint density at radius 2 is 1.66 bits per heavy atom. The van der Waals surface area contributed by atoms with Crippen molar-refractivity contribution in [1.82, 2.24) is 24.0 Å². The first-order valence-electron chi connectivity index (χ1n) is 10.7. The van der Waals surface area contributed by atoms with Gasteiger partial charge in [0.1, 0.15) is 11.6 Å². The van der Waals surface area contributed by atoms with Crippen molar-refractivity contribution in [2.75, 3.05) is 19.6 Å². The fourth-order valence-electron chi connectivity index (χ4n) is 4.20. The number of fused-ring (bicyclic) bond motifs is 1. The molecule has 3 heterocycles. The van der Waals surface area contributed by atoms with Crippen LogP contribution in [0.5, 0.6) is 0 Å². The van der Waals surface area contributed by atoms with Gasteiger partial charge in [0.05, 0.1) is 18.0 Å². The van der Waals surface area contributed by atoms with Gasteiger partial charge in [-0.05, 0) is 56.0 Å². The molecule has 1 saturated heterocycles. The van der Waals surface area contributed by atoms with E-state index in [0.29, 0.717) is 17.4 Å². The summed E-state index contributed by atoms with van der Waals surface area (Å²) in [7, 11) is -3.55. The highest BCUT2D eigenvalue weighted by molar-refractivity contribution is 7.89. The predicted molar refractivity (Wildman–Crippen MR) is 112 cm³/mol. The largest absolute Gasteiger partial charge is 0.313 e. The molecule has 2 aliphatic heterocycles. The summed E-state index contributed by atoms with van der Waals surface area (Å²) in [5.74, 6) is 2.08. The van der Waals surface area contributed by atoms with Crippen molar-refractivity contribution in [1.29, 1.82) is 0 Å². The van der Waals surface area contributed by atoms with Gasteiger partial charge in [-0.15, -0.1) is 10.2 Å². The Balaban J connectivity index is 1.52. The lowest BCUT2D eigenvalue weighted by atomic mass is 10.0. The van der Waals surface area contributed by atoms with E-state index in [0.717, 1.165) is 49.8 Å². The van der Waals surface area contributed by atoms with E-state index in [9.17, 15) is 8.42 Å². The first-order valence-corrected chi connectivity index (χ1v) is 12.1. The van der Waals surface area contributed by atoms with E-state index in [1.165, 1.54) is 19.3 Å². The third-order valence-electron chi connectivity index (χ3n) is 6.01. The SMILES string of the molecule is CC(C)c1ccc(S(=O)(=O)N2CCCn3c(CN4CCCCC4)nnc3C2)cc1. The number of aromatic nitrogens is 3. The summed E-state index contributed by atoms with van der Waals surface area (Å²) in [6, 6.07) is 7.27. The minimum Gasteiger partial charge on any atom is -0.313 e. The Kier molecular flexibility index (Phi) is 6.03. The Morgan fingerprint density at radius 1 is 0.931 bits per heavy atom. The van der Waals surface area contributed by atoms with Crippen LogP contribution in [0.2, 0.25) is 0 Å². The summed E-state index contributed by atoms with van der Waals surface area (Å²) in [6.07, 6.45) is 4.55. The lowest BCUT2D eigenvalue weighted by Gasteiger charge is -2.25. The molecule has 4 rings (SSSR count). The molecule has 0 radical (unpaired) electrons. The van der Waals surface area contributed by atoms with Crippen LogP contribution in [0.15, 0.2) is 29.2 Å². The molecule has 0 amide bonds. The molecule has 0 N–H and O–H groups in total. The first kappa shape index (κ1) is 20.5. The van der Waals surface area contributed by atoms with Crippen LogP contribution in [0, 0.1) is 0 Å². The van der Waals surface area contributed by atoms with Gasteiger partial charge < -0.3 is 4.57 Å². The first-order chi connectivity index (χ1) is 13.9. The summed E-state index contributed by atoms with van der Waals surface area (Å²) >= 11 is 0. The quantitative estimate of drug-likeness (QED) is 0.748. The average Bonchev–Trinajstić information content (AvgIpc) is 2.96. The van der Waals surface area contributed by atoms with Crippen LogP contribution in [0.1, 0.15) is 62.7 Å². The summed E-state index contributed by atoms with van der Waals surface area (Å²) in [5, 5.41) is 8.76. The minimum atomic E-state index is -3.55. The Hall–Kier alpha value is -1.77. The molecule has 1 aromatic carbocycles. The van der Waals surface area contributed by atoms with Crippen molar-refractivity contribution >= 4 is 10.0 Å². The van der Waals surface area contributed by atoms with E-state index in [2.05, 4.69) is 33.5 Å². The Bertz CT molecular complexity index is 930. The van der Waals surface area contributed by atoms with Crippen LogP contribution >= 0.6 is 0 Å². The zero-order valence-corrected chi connectivity index (χ0v) is 18.2. The second-order valence-corrected chi connectivity index (χ2v) is 10.4. The molecule has 0 atom stereocenters. The third-order valence-corrected chi connectivity index (χ3v) is 7.87. The van der Waals surface area contributed by atoms with Gasteiger partial charge in [-0.2, -0.15) is 4.31 Å². The number of piperidine rings is 1. The molecule has 8 heteroatoms. The number of likely N-dealkylation sites (tertiary alicyclic amines) is 1. The van der Waals surface area contributed by atoms with Gasteiger partial charge in [0.15, 0.2) is 0 Å². The van der Waals surface area contributed by atoms with E-state index in [-0.39, 0.29) is 6.54 Å². The smallest absolute Gasteiger partial charge is 0.243 e. The highest BCUT2D eigenvalue weighted by Gasteiger charge is 2.29. The standard InChI is InChI=1S/C21H31N5O2S/c1-17(2)18-7-9-19(10-8-18)29(27,28)25-13-6-14-26-20(22-23-21(26)16-25)15-24-11-4-3-5-12-24/h7-10,17H,3-6,11-16H2,1-2H3. The normalized spacial score (nSPS) is 19.3. The van der Waals surface area contributed by atoms with E-state index in [4.69, 9.17) is 0 Å². The van der Waals surface area contributed by atoms with Crippen LogP contribution in [-0.2, 0) is 29.7 Å². The number of benzene rings is 1. The fourth-order valence-corrected chi connectivity index (χ4v) is 5.64. The molecule has 2 aromatic rings. The zero-order valence-electron chi connectivity index (χ0n) is 17.4. The molecule has 7 nitrogen and oxygen atoms in total. The highest BCUT2D eigenvalue weighted by Crippen LogP contribution is 2.24. The Morgan fingerprint density at radius 3 is 2.34 bits per heavy atom. The summed E-state index contributed by atoms with van der Waals surface area (Å²) in [5.41, 5.74) is 1.14. The van der Waals surface area contributed by atoms with E-state index in [1.807, 2.05) is 12.1 Å². The van der Waals surface area contributed by atoms with Gasteiger partial charge in [-0.1, -0.05) is 32.4 Å². The number of hydrogen-bond acceptors (Lipinski definition) is 5.